The van der Waals surface area contributed by atoms with Gasteiger partial charge < -0.3 is 19.9 Å². The number of unbranched alkanes of at least 4 members (excludes halogenated alkanes) is 3. The molecule has 1 saturated heterocycles. The van der Waals surface area contributed by atoms with Crippen LogP contribution in [0.3, 0.4) is 0 Å². The molecule has 0 aromatic heterocycles. The van der Waals surface area contributed by atoms with Crippen molar-refractivity contribution >= 4 is 6.03 Å². The molecule has 1 N–H and O–H groups in total. The summed E-state index contributed by atoms with van der Waals surface area (Å²) in [6, 6.07) is 10.3. The van der Waals surface area contributed by atoms with Crippen LogP contribution in [0.25, 0.3) is 0 Å². The molecule has 1 aliphatic rings. The fraction of sp³-hybridized carbons (Fsp3) is 0.625. The lowest BCUT2D eigenvalue weighted by Crippen LogP contribution is -2.46. The Bertz CT molecular complexity index is 571. The number of amides is 2. The second kappa shape index (κ2) is 14.2. The number of benzene rings is 1. The molecule has 5 heteroatoms. The summed E-state index contributed by atoms with van der Waals surface area (Å²) < 4.78 is 6.03. The summed E-state index contributed by atoms with van der Waals surface area (Å²) >= 11 is 0. The number of piperidine rings is 1. The summed E-state index contributed by atoms with van der Waals surface area (Å²) in [7, 11) is 2.14. The standard InChI is InChI=1S/C24H39N3O2/c1-3-17-26(2)18-9-4-5-10-21-29-23-14-19-27(20-15-23)24(28)25-16-13-22-11-7-6-8-12-22/h3,6-8,11-12,23H,1,4-5,9-10,13-21H2,2H3,(H,25,28). The van der Waals surface area contributed by atoms with Gasteiger partial charge >= 0.3 is 6.03 Å². The van der Waals surface area contributed by atoms with Gasteiger partial charge in [0.15, 0.2) is 0 Å². The summed E-state index contributed by atoms with van der Waals surface area (Å²) in [4.78, 5) is 16.5. The van der Waals surface area contributed by atoms with Gasteiger partial charge in [-0.25, -0.2) is 4.79 Å². The Morgan fingerprint density at radius 2 is 1.93 bits per heavy atom. The third kappa shape index (κ3) is 9.95. The molecule has 1 heterocycles. The highest BCUT2D eigenvalue weighted by atomic mass is 16.5. The predicted octanol–water partition coefficient (Wildman–Crippen LogP) is 4.10. The molecule has 2 rings (SSSR count). The normalized spacial score (nSPS) is 14.9. The van der Waals surface area contributed by atoms with Crippen LogP contribution in [0.4, 0.5) is 4.79 Å². The molecule has 0 radical (unpaired) electrons. The molecular weight excluding hydrogens is 362 g/mol. The van der Waals surface area contributed by atoms with Gasteiger partial charge in [-0.15, -0.1) is 6.58 Å². The van der Waals surface area contributed by atoms with Gasteiger partial charge in [-0.05, 0) is 51.3 Å². The number of hydrogen-bond donors (Lipinski definition) is 1. The highest BCUT2D eigenvalue weighted by molar-refractivity contribution is 5.74. The third-order valence-electron chi connectivity index (χ3n) is 5.49. The van der Waals surface area contributed by atoms with Crippen LogP contribution in [0, 0.1) is 0 Å². The van der Waals surface area contributed by atoms with E-state index in [9.17, 15) is 4.79 Å². The smallest absolute Gasteiger partial charge is 0.317 e. The molecule has 0 saturated carbocycles. The Balaban J connectivity index is 1.46. The van der Waals surface area contributed by atoms with Crippen molar-refractivity contribution in [3.05, 3.63) is 48.6 Å². The van der Waals surface area contributed by atoms with Crippen LogP contribution in [0.1, 0.15) is 44.1 Å². The third-order valence-corrected chi connectivity index (χ3v) is 5.49. The number of likely N-dealkylation sites (tertiary alicyclic amines) is 1. The minimum atomic E-state index is 0.0563. The van der Waals surface area contributed by atoms with Crippen LogP contribution < -0.4 is 5.32 Å². The maximum Gasteiger partial charge on any atom is 0.317 e. The van der Waals surface area contributed by atoms with Crippen molar-refractivity contribution in [3.63, 3.8) is 0 Å². The van der Waals surface area contributed by atoms with E-state index in [1.807, 2.05) is 29.2 Å². The van der Waals surface area contributed by atoms with Gasteiger partial charge in [0.1, 0.15) is 0 Å². The van der Waals surface area contributed by atoms with Gasteiger partial charge in [0, 0.05) is 32.8 Å². The highest BCUT2D eigenvalue weighted by Gasteiger charge is 2.22. The summed E-state index contributed by atoms with van der Waals surface area (Å²) in [6.45, 7) is 8.98. The van der Waals surface area contributed by atoms with E-state index < -0.39 is 0 Å². The van der Waals surface area contributed by atoms with Crippen LogP contribution in [0.15, 0.2) is 43.0 Å². The molecule has 1 fully saturated rings. The van der Waals surface area contributed by atoms with Crippen LogP contribution in [-0.4, -0.2) is 68.3 Å². The summed E-state index contributed by atoms with van der Waals surface area (Å²) in [5.41, 5.74) is 1.25. The minimum Gasteiger partial charge on any atom is -0.378 e. The SMILES string of the molecule is C=CCN(C)CCCCCCOC1CCN(C(=O)NCCc2ccccc2)CC1. The van der Waals surface area contributed by atoms with Crippen molar-refractivity contribution in [3.8, 4) is 0 Å². The van der Waals surface area contributed by atoms with Crippen molar-refractivity contribution in [1.29, 1.82) is 0 Å². The van der Waals surface area contributed by atoms with Crippen molar-refractivity contribution in [2.45, 2.75) is 51.0 Å². The van der Waals surface area contributed by atoms with Crippen LogP contribution in [0.5, 0.6) is 0 Å². The van der Waals surface area contributed by atoms with Gasteiger partial charge in [-0.2, -0.15) is 0 Å². The molecule has 1 aliphatic heterocycles. The number of carbonyl (C=O) groups excluding carboxylic acids is 1. The van der Waals surface area contributed by atoms with Crippen LogP contribution in [-0.2, 0) is 11.2 Å². The predicted molar refractivity (Wildman–Crippen MR) is 120 cm³/mol. The van der Waals surface area contributed by atoms with Crippen molar-refractivity contribution in [2.75, 3.05) is 46.4 Å². The zero-order valence-corrected chi connectivity index (χ0v) is 18.2. The Hall–Kier alpha value is -1.85. The molecular formula is C24H39N3O2. The molecule has 0 unspecified atom stereocenters. The molecule has 29 heavy (non-hydrogen) atoms. The number of urea groups is 1. The summed E-state index contributed by atoms with van der Waals surface area (Å²) in [6.07, 6.45) is 9.87. The Morgan fingerprint density at radius 3 is 2.66 bits per heavy atom. The van der Waals surface area contributed by atoms with Crippen molar-refractivity contribution in [1.82, 2.24) is 15.1 Å². The van der Waals surface area contributed by atoms with E-state index in [0.29, 0.717) is 12.6 Å². The zero-order valence-electron chi connectivity index (χ0n) is 18.2. The number of ether oxygens (including phenoxy) is 1. The maximum absolute atomic E-state index is 12.3. The zero-order chi connectivity index (χ0) is 20.7. The first-order chi connectivity index (χ1) is 14.2. The van der Waals surface area contributed by atoms with Gasteiger partial charge in [0.05, 0.1) is 6.10 Å². The van der Waals surface area contributed by atoms with E-state index in [-0.39, 0.29) is 6.03 Å². The molecule has 1 aromatic carbocycles. The van der Waals surface area contributed by atoms with Gasteiger partial charge in [-0.3, -0.25) is 0 Å². The minimum absolute atomic E-state index is 0.0563. The molecule has 0 spiro atoms. The van der Waals surface area contributed by atoms with Gasteiger partial charge in [0.2, 0.25) is 0 Å². The van der Waals surface area contributed by atoms with E-state index in [1.54, 1.807) is 0 Å². The second-order valence-corrected chi connectivity index (χ2v) is 7.99. The number of likely N-dealkylation sites (N-methyl/N-ethyl adjacent to an activating group) is 1. The lowest BCUT2D eigenvalue weighted by molar-refractivity contribution is 0.0130. The van der Waals surface area contributed by atoms with Crippen molar-refractivity contribution < 1.29 is 9.53 Å². The molecule has 162 valence electrons. The first-order valence-electron chi connectivity index (χ1n) is 11.2. The fourth-order valence-corrected chi connectivity index (χ4v) is 3.69. The lowest BCUT2D eigenvalue weighted by atomic mass is 10.1. The van der Waals surface area contributed by atoms with E-state index in [1.165, 1.54) is 24.8 Å². The molecule has 5 nitrogen and oxygen atoms in total. The first kappa shape index (κ1) is 23.4. The van der Waals surface area contributed by atoms with E-state index in [4.69, 9.17) is 4.74 Å². The molecule has 0 aliphatic carbocycles. The summed E-state index contributed by atoms with van der Waals surface area (Å²) in [5, 5.41) is 3.04. The first-order valence-corrected chi connectivity index (χ1v) is 11.2. The monoisotopic (exact) mass is 401 g/mol. The highest BCUT2D eigenvalue weighted by Crippen LogP contribution is 2.14. The number of hydrogen-bond acceptors (Lipinski definition) is 3. The van der Waals surface area contributed by atoms with E-state index >= 15 is 0 Å². The van der Waals surface area contributed by atoms with E-state index in [2.05, 4.69) is 36.0 Å². The quantitative estimate of drug-likeness (QED) is 0.400. The number of nitrogens with one attached hydrogen (secondary N) is 1. The number of rotatable bonds is 13. The number of nitrogens with zero attached hydrogens (tertiary/aromatic N) is 2. The van der Waals surface area contributed by atoms with Crippen LogP contribution in [0.2, 0.25) is 0 Å². The molecule has 0 bridgehead atoms. The molecule has 2 amide bonds. The molecule has 0 atom stereocenters. The lowest BCUT2D eigenvalue weighted by Gasteiger charge is -2.32. The Kier molecular flexibility index (Phi) is 11.5. The summed E-state index contributed by atoms with van der Waals surface area (Å²) in [5.74, 6) is 0. The van der Waals surface area contributed by atoms with E-state index in [0.717, 1.165) is 58.5 Å². The maximum atomic E-state index is 12.3. The fourth-order valence-electron chi connectivity index (χ4n) is 3.69. The topological polar surface area (TPSA) is 44.8 Å². The van der Waals surface area contributed by atoms with Crippen molar-refractivity contribution in [2.24, 2.45) is 0 Å². The Labute approximate surface area is 177 Å². The average Bonchev–Trinajstić information content (AvgIpc) is 2.74. The van der Waals surface area contributed by atoms with Crippen LogP contribution >= 0.6 is 0 Å². The second-order valence-electron chi connectivity index (χ2n) is 7.99. The molecule has 1 aromatic rings. The average molecular weight is 402 g/mol. The van der Waals surface area contributed by atoms with Gasteiger partial charge in [0.25, 0.3) is 0 Å². The largest absolute Gasteiger partial charge is 0.378 e. The number of carbonyl (C=O) groups is 1. The Morgan fingerprint density at radius 1 is 1.21 bits per heavy atom. The van der Waals surface area contributed by atoms with Gasteiger partial charge in [-0.1, -0.05) is 49.2 Å².